The number of ketones is 1. The van der Waals surface area contributed by atoms with Gasteiger partial charge in [0, 0.05) is 35.2 Å². The van der Waals surface area contributed by atoms with Gasteiger partial charge in [0.2, 0.25) is 11.3 Å². The first kappa shape index (κ1) is 20.1. The molecule has 6 nitrogen and oxygen atoms in total. The highest BCUT2D eigenvalue weighted by atomic mass is 19.1. The quantitative estimate of drug-likeness (QED) is 0.502. The van der Waals surface area contributed by atoms with Gasteiger partial charge in [-0.2, -0.15) is 0 Å². The number of halogens is 2. The number of aromatic nitrogens is 2. The topological polar surface area (TPSA) is 81.1 Å². The first-order valence-electron chi connectivity index (χ1n) is 9.25. The summed E-state index contributed by atoms with van der Waals surface area (Å²) in [6, 6.07) is 11.7. The van der Waals surface area contributed by atoms with Gasteiger partial charge in [-0.3, -0.25) is 19.4 Å². The largest absolute Gasteiger partial charge is 0.337 e. The zero-order valence-corrected chi connectivity index (χ0v) is 16.0. The first-order chi connectivity index (χ1) is 14.9. The third kappa shape index (κ3) is 4.23. The maximum Gasteiger partial charge on any atom is 0.244 e. The van der Waals surface area contributed by atoms with Gasteiger partial charge in [-0.25, -0.2) is 8.78 Å². The maximum atomic E-state index is 13.8. The molecule has 0 aliphatic carbocycles. The molecule has 2 aromatic heterocycles. The number of anilines is 1. The van der Waals surface area contributed by atoms with Crippen LogP contribution in [0, 0.1) is 11.6 Å². The predicted molar refractivity (Wildman–Crippen MR) is 111 cm³/mol. The number of carbonyl (C=O) groups excluding carboxylic acids is 2. The maximum absolute atomic E-state index is 13.8. The van der Waals surface area contributed by atoms with Crippen molar-refractivity contribution in [1.29, 1.82) is 0 Å². The van der Waals surface area contributed by atoms with Crippen molar-refractivity contribution in [2.24, 2.45) is 0 Å². The highest BCUT2D eigenvalue weighted by molar-refractivity contribution is 6.10. The number of nitrogens with zero attached hydrogens (tertiary/aromatic N) is 2. The fraction of sp³-hybridized carbons (Fsp3) is 0.0435. The van der Waals surface area contributed by atoms with Gasteiger partial charge in [-0.1, -0.05) is 0 Å². The molecular formula is C23H15F2N3O3. The number of carbonyl (C=O) groups is 2. The number of fused-ring (bicyclic) bond motifs is 1. The molecule has 2 heterocycles. The lowest BCUT2D eigenvalue weighted by Crippen LogP contribution is -2.24. The van der Waals surface area contributed by atoms with E-state index in [2.05, 4.69) is 10.3 Å². The lowest BCUT2D eigenvalue weighted by molar-refractivity contribution is -0.116. The van der Waals surface area contributed by atoms with Gasteiger partial charge in [0.1, 0.15) is 18.2 Å². The molecule has 1 amide bonds. The van der Waals surface area contributed by atoms with Gasteiger partial charge in [-0.05, 0) is 54.6 Å². The SMILES string of the molecule is O=C(Cn1cc(C(=O)c2ccncc2)c(=O)c2cc(F)ccc21)Nc1ccc(F)cc1. The molecule has 0 atom stereocenters. The van der Waals surface area contributed by atoms with E-state index in [9.17, 15) is 23.2 Å². The van der Waals surface area contributed by atoms with E-state index in [1.54, 1.807) is 0 Å². The monoisotopic (exact) mass is 419 g/mol. The van der Waals surface area contributed by atoms with E-state index in [4.69, 9.17) is 0 Å². The van der Waals surface area contributed by atoms with Crippen LogP contribution in [0.15, 0.2) is 78.0 Å². The summed E-state index contributed by atoms with van der Waals surface area (Å²) in [5, 5.41) is 2.60. The van der Waals surface area contributed by atoms with Crippen molar-refractivity contribution in [2.75, 3.05) is 5.32 Å². The lowest BCUT2D eigenvalue weighted by atomic mass is 10.0. The molecule has 0 bridgehead atoms. The number of amides is 1. The summed E-state index contributed by atoms with van der Waals surface area (Å²) in [7, 11) is 0. The number of hydrogen-bond donors (Lipinski definition) is 1. The Hall–Kier alpha value is -4.20. The summed E-state index contributed by atoms with van der Waals surface area (Å²) in [4.78, 5) is 42.2. The first-order valence-corrected chi connectivity index (χ1v) is 9.25. The van der Waals surface area contributed by atoms with Crippen molar-refractivity contribution < 1.29 is 18.4 Å². The normalized spacial score (nSPS) is 10.8. The second-order valence-electron chi connectivity index (χ2n) is 6.78. The highest BCUT2D eigenvalue weighted by Gasteiger charge is 2.18. The summed E-state index contributed by atoms with van der Waals surface area (Å²) in [6.45, 7) is -0.254. The van der Waals surface area contributed by atoms with E-state index < -0.39 is 28.8 Å². The van der Waals surface area contributed by atoms with Crippen molar-refractivity contribution in [2.45, 2.75) is 6.54 Å². The molecule has 2 aromatic carbocycles. The summed E-state index contributed by atoms with van der Waals surface area (Å²) in [6.07, 6.45) is 4.13. The highest BCUT2D eigenvalue weighted by Crippen LogP contribution is 2.17. The smallest absolute Gasteiger partial charge is 0.244 e. The van der Waals surface area contributed by atoms with Gasteiger partial charge in [0.05, 0.1) is 11.1 Å². The average molecular weight is 419 g/mol. The fourth-order valence-corrected chi connectivity index (χ4v) is 3.21. The van der Waals surface area contributed by atoms with Crippen LogP contribution >= 0.6 is 0 Å². The minimum Gasteiger partial charge on any atom is -0.337 e. The Balaban J connectivity index is 1.76. The number of pyridine rings is 2. The van der Waals surface area contributed by atoms with E-state index in [0.717, 1.165) is 6.07 Å². The van der Waals surface area contributed by atoms with Gasteiger partial charge in [0.15, 0.2) is 5.78 Å². The molecule has 0 saturated heterocycles. The minimum atomic E-state index is -0.638. The van der Waals surface area contributed by atoms with E-state index in [0.29, 0.717) is 11.2 Å². The second kappa shape index (κ2) is 8.27. The Bertz CT molecular complexity index is 1350. The molecule has 0 unspecified atom stereocenters. The predicted octanol–water partition coefficient (Wildman–Crippen LogP) is 3.54. The average Bonchev–Trinajstić information content (AvgIpc) is 2.77. The Morgan fingerprint density at radius 2 is 1.61 bits per heavy atom. The van der Waals surface area contributed by atoms with Crippen LogP contribution in [-0.4, -0.2) is 21.2 Å². The van der Waals surface area contributed by atoms with Crippen LogP contribution in [0.4, 0.5) is 14.5 Å². The molecular weight excluding hydrogens is 404 g/mol. The van der Waals surface area contributed by atoms with Crippen molar-refractivity contribution in [3.8, 4) is 0 Å². The van der Waals surface area contributed by atoms with E-state index in [1.807, 2.05) is 0 Å². The number of rotatable bonds is 5. The summed E-state index contributed by atoms with van der Waals surface area (Å²) < 4.78 is 28.3. The molecule has 0 fully saturated rings. The molecule has 8 heteroatoms. The van der Waals surface area contributed by atoms with Gasteiger partial charge < -0.3 is 9.88 Å². The Morgan fingerprint density at radius 3 is 2.32 bits per heavy atom. The zero-order valence-electron chi connectivity index (χ0n) is 16.0. The molecule has 31 heavy (non-hydrogen) atoms. The molecule has 0 radical (unpaired) electrons. The lowest BCUT2D eigenvalue weighted by Gasteiger charge is -2.13. The molecule has 0 aliphatic heterocycles. The van der Waals surface area contributed by atoms with Crippen LogP contribution in [-0.2, 0) is 11.3 Å². The van der Waals surface area contributed by atoms with Crippen LogP contribution in [0.5, 0.6) is 0 Å². The van der Waals surface area contributed by atoms with Gasteiger partial charge in [-0.15, -0.1) is 0 Å². The number of nitrogens with one attached hydrogen (secondary N) is 1. The molecule has 0 spiro atoms. The summed E-state index contributed by atoms with van der Waals surface area (Å²) >= 11 is 0. The van der Waals surface area contributed by atoms with Crippen LogP contribution in [0.3, 0.4) is 0 Å². The van der Waals surface area contributed by atoms with Gasteiger partial charge in [0.25, 0.3) is 0 Å². The Kier molecular flexibility index (Phi) is 5.36. The van der Waals surface area contributed by atoms with Crippen molar-refractivity contribution in [3.63, 3.8) is 0 Å². The Labute approximate surface area is 174 Å². The minimum absolute atomic E-state index is 0.0190. The zero-order chi connectivity index (χ0) is 22.0. The molecule has 4 aromatic rings. The van der Waals surface area contributed by atoms with Crippen molar-refractivity contribution in [1.82, 2.24) is 9.55 Å². The summed E-state index contributed by atoms with van der Waals surface area (Å²) in [5.41, 5.74) is 0.0957. The van der Waals surface area contributed by atoms with E-state index in [-0.39, 0.29) is 23.1 Å². The van der Waals surface area contributed by atoms with Crippen molar-refractivity contribution in [3.05, 3.63) is 106 Å². The molecule has 0 aliphatic rings. The molecule has 154 valence electrons. The molecule has 4 rings (SSSR count). The van der Waals surface area contributed by atoms with E-state index in [1.165, 1.54) is 71.7 Å². The standard InChI is InChI=1S/C23H15F2N3O3/c24-15-1-4-17(5-2-15)27-21(29)13-28-12-19(22(30)14-7-9-26-10-8-14)23(31)18-11-16(25)3-6-20(18)28/h1-12H,13H2,(H,27,29). The van der Waals surface area contributed by atoms with Gasteiger partial charge >= 0.3 is 0 Å². The van der Waals surface area contributed by atoms with Crippen molar-refractivity contribution >= 4 is 28.3 Å². The number of hydrogen-bond acceptors (Lipinski definition) is 4. The number of benzene rings is 2. The third-order valence-electron chi connectivity index (χ3n) is 4.67. The van der Waals surface area contributed by atoms with Crippen LogP contribution in [0.2, 0.25) is 0 Å². The molecule has 1 N–H and O–H groups in total. The Morgan fingerprint density at radius 1 is 0.935 bits per heavy atom. The third-order valence-corrected chi connectivity index (χ3v) is 4.67. The van der Waals surface area contributed by atoms with Crippen LogP contribution in [0.1, 0.15) is 15.9 Å². The second-order valence-corrected chi connectivity index (χ2v) is 6.78. The van der Waals surface area contributed by atoms with Crippen LogP contribution < -0.4 is 10.7 Å². The molecule has 0 saturated carbocycles. The fourth-order valence-electron chi connectivity index (χ4n) is 3.21. The summed E-state index contributed by atoms with van der Waals surface area (Å²) in [5.74, 6) is -2.11. The van der Waals surface area contributed by atoms with Crippen LogP contribution in [0.25, 0.3) is 10.9 Å². The van der Waals surface area contributed by atoms with E-state index >= 15 is 0 Å².